The van der Waals surface area contributed by atoms with Crippen LogP contribution in [0.5, 0.6) is 0 Å². The molecule has 9 heteroatoms. The summed E-state index contributed by atoms with van der Waals surface area (Å²) < 4.78 is 8.22. The minimum absolute atomic E-state index is 0. The number of ether oxygens (including phenoxy) is 2. The second-order valence-corrected chi connectivity index (χ2v) is 7.60. The molecule has 0 unspecified atom stereocenters. The van der Waals surface area contributed by atoms with Gasteiger partial charge in [0.1, 0.15) is 6.79 Å². The van der Waals surface area contributed by atoms with Crippen LogP contribution in [-0.2, 0) is 66.0 Å². The molecule has 0 spiro atoms. The Bertz CT molecular complexity index is 335. The molecule has 0 aromatic heterocycles. The molecule has 0 aromatic carbocycles. The van der Waals surface area contributed by atoms with E-state index in [2.05, 4.69) is 23.3 Å². The van der Waals surface area contributed by atoms with Crippen molar-refractivity contribution in [1.82, 2.24) is 0 Å². The molecule has 29 heavy (non-hydrogen) atoms. The zero-order valence-corrected chi connectivity index (χ0v) is 25.3. The molecule has 7 nitrogen and oxygen atoms in total. The number of carbonyl (C=O) groups excluding carboxylic acids is 3. The fraction of sp³-hybridized carbons (Fsp3) is 0.850. The summed E-state index contributed by atoms with van der Waals surface area (Å²) in [5, 5.41) is 16.9. The molecule has 0 heterocycles. The van der Waals surface area contributed by atoms with E-state index in [1.54, 1.807) is 13.8 Å². The number of rotatable bonds is 2. The predicted molar refractivity (Wildman–Crippen MR) is 107 cm³/mol. The quantitative estimate of drug-likeness (QED) is 0.417. The molecular weight excluding hydrogens is 720 g/mol. The molecule has 0 aliphatic heterocycles. The monoisotopic (exact) mass is 762 g/mol. The molecular formula is C20H42O7W2. The Balaban J connectivity index is -0.0000000589. The maximum Gasteiger partial charge on any atom is 0.302 e. The van der Waals surface area contributed by atoms with Crippen LogP contribution in [-0.4, -0.2) is 56.4 Å². The van der Waals surface area contributed by atoms with Crippen molar-refractivity contribution in [3.8, 4) is 0 Å². The zero-order valence-electron chi connectivity index (χ0n) is 19.4. The fourth-order valence-electron chi connectivity index (χ4n) is 1.56. The van der Waals surface area contributed by atoms with Gasteiger partial charge in [-0.1, -0.05) is 47.0 Å². The standard InChI is InChI=1S/C8H16.C5H12O2.2C3H6O2.CH2O.2W/c1-8(2)6-4-3-5-7-8;1-5(2,3-6)4-7;2*1-3(4)5-2;1-2;;/h3-7H2,1-2H3;6-7H,3-4H2,1-2H3;2*1-2H3;1H2;;. The second kappa shape index (κ2) is 27.9. The summed E-state index contributed by atoms with van der Waals surface area (Å²) >= 11 is 0. The van der Waals surface area contributed by atoms with Gasteiger partial charge in [-0.2, -0.15) is 0 Å². The van der Waals surface area contributed by atoms with Gasteiger partial charge in [0, 0.05) is 61.4 Å². The van der Waals surface area contributed by atoms with Crippen LogP contribution >= 0.6 is 0 Å². The largest absolute Gasteiger partial charge is 0.469 e. The van der Waals surface area contributed by atoms with Gasteiger partial charge >= 0.3 is 11.9 Å². The van der Waals surface area contributed by atoms with Gasteiger partial charge in [-0.05, 0) is 18.3 Å². The molecule has 0 radical (unpaired) electrons. The summed E-state index contributed by atoms with van der Waals surface area (Å²) in [6, 6.07) is 0. The summed E-state index contributed by atoms with van der Waals surface area (Å²) in [5.74, 6) is -0.491. The molecule has 1 saturated carbocycles. The van der Waals surface area contributed by atoms with E-state index in [9.17, 15) is 9.59 Å². The van der Waals surface area contributed by atoms with Gasteiger partial charge in [0.05, 0.1) is 27.4 Å². The Hall–Kier alpha value is -0.0934. The Morgan fingerprint density at radius 3 is 1.17 bits per heavy atom. The molecule has 1 aliphatic carbocycles. The van der Waals surface area contributed by atoms with E-state index in [4.69, 9.17) is 15.0 Å². The van der Waals surface area contributed by atoms with Gasteiger partial charge in [-0.25, -0.2) is 0 Å². The van der Waals surface area contributed by atoms with Crippen LogP contribution in [0.25, 0.3) is 0 Å². The van der Waals surface area contributed by atoms with Crippen LogP contribution in [0.2, 0.25) is 0 Å². The summed E-state index contributed by atoms with van der Waals surface area (Å²) in [5.41, 5.74) is 0.373. The van der Waals surface area contributed by atoms with Crippen molar-refractivity contribution in [3.05, 3.63) is 0 Å². The molecule has 2 N–H and O–H groups in total. The first kappa shape index (κ1) is 42.9. The fourth-order valence-corrected chi connectivity index (χ4v) is 1.56. The van der Waals surface area contributed by atoms with Gasteiger partial charge in [0.25, 0.3) is 0 Å². The third-order valence-corrected chi connectivity index (χ3v) is 3.64. The number of carbonyl (C=O) groups is 3. The van der Waals surface area contributed by atoms with Gasteiger partial charge < -0.3 is 24.5 Å². The number of aliphatic hydroxyl groups excluding tert-OH is 2. The van der Waals surface area contributed by atoms with Crippen LogP contribution in [0, 0.1) is 10.8 Å². The van der Waals surface area contributed by atoms with Gasteiger partial charge in [0.2, 0.25) is 0 Å². The van der Waals surface area contributed by atoms with Crippen LogP contribution in [0.15, 0.2) is 0 Å². The van der Waals surface area contributed by atoms with Crippen molar-refractivity contribution in [2.45, 2.75) is 73.6 Å². The summed E-state index contributed by atoms with van der Waals surface area (Å²) in [6.45, 7) is 13.2. The van der Waals surface area contributed by atoms with E-state index in [0.29, 0.717) is 5.41 Å². The number of hydrogen-bond donors (Lipinski definition) is 2. The van der Waals surface area contributed by atoms with Gasteiger partial charge in [-0.15, -0.1) is 0 Å². The molecule has 176 valence electrons. The maximum atomic E-state index is 9.59. The van der Waals surface area contributed by atoms with Crippen LogP contribution in [0.3, 0.4) is 0 Å². The first-order chi connectivity index (χ1) is 12.4. The van der Waals surface area contributed by atoms with Crippen LogP contribution < -0.4 is 0 Å². The van der Waals surface area contributed by atoms with Gasteiger partial charge in [-0.3, -0.25) is 9.59 Å². The van der Waals surface area contributed by atoms with Crippen molar-refractivity contribution >= 4 is 18.7 Å². The van der Waals surface area contributed by atoms with Crippen LogP contribution in [0.1, 0.15) is 73.6 Å². The third kappa shape index (κ3) is 47.3. The molecule has 1 rings (SSSR count). The summed E-state index contributed by atoms with van der Waals surface area (Å²) in [4.78, 5) is 27.2. The average molecular weight is 762 g/mol. The number of methoxy groups -OCH3 is 2. The normalized spacial score (nSPS) is 13.0. The van der Waals surface area contributed by atoms with E-state index in [-0.39, 0.29) is 72.7 Å². The van der Waals surface area contributed by atoms with Crippen molar-refractivity contribution in [3.63, 3.8) is 0 Å². The number of aliphatic hydroxyl groups is 2. The Kier molecular flexibility index (Phi) is 41.3. The topological polar surface area (TPSA) is 110 Å². The van der Waals surface area contributed by atoms with Crippen LogP contribution in [0.4, 0.5) is 0 Å². The average Bonchev–Trinajstić information content (AvgIpc) is 2.64. The van der Waals surface area contributed by atoms with Crippen molar-refractivity contribution in [2.75, 3.05) is 27.4 Å². The van der Waals surface area contributed by atoms with E-state index < -0.39 is 0 Å². The summed E-state index contributed by atoms with van der Waals surface area (Å²) in [6.07, 6.45) is 7.31. The Morgan fingerprint density at radius 1 is 0.862 bits per heavy atom. The molecule has 0 aromatic rings. The minimum Gasteiger partial charge on any atom is -0.469 e. The first-order valence-electron chi connectivity index (χ1n) is 8.97. The van der Waals surface area contributed by atoms with E-state index in [1.807, 2.05) is 6.79 Å². The number of esters is 2. The predicted octanol–water partition coefficient (Wildman–Crippen LogP) is 3.14. The van der Waals surface area contributed by atoms with Gasteiger partial charge in [0.15, 0.2) is 0 Å². The Morgan fingerprint density at radius 2 is 1.10 bits per heavy atom. The first-order valence-corrected chi connectivity index (χ1v) is 8.97. The molecule has 1 aliphatic rings. The molecule has 0 amide bonds. The minimum atomic E-state index is -0.306. The van der Waals surface area contributed by atoms with Crippen molar-refractivity contribution in [1.29, 1.82) is 0 Å². The maximum absolute atomic E-state index is 9.59. The van der Waals surface area contributed by atoms with E-state index in [1.165, 1.54) is 60.2 Å². The zero-order chi connectivity index (χ0) is 22.5. The third-order valence-electron chi connectivity index (χ3n) is 3.64. The molecule has 0 atom stereocenters. The molecule has 1 fully saturated rings. The van der Waals surface area contributed by atoms with Crippen molar-refractivity contribution < 1.29 is 76.2 Å². The SMILES string of the molecule is C=O.CC(C)(CO)CO.CC1(C)CCCCC1.COC(C)=O.COC(C)=O.[W].[W]. The van der Waals surface area contributed by atoms with E-state index >= 15 is 0 Å². The van der Waals surface area contributed by atoms with E-state index in [0.717, 1.165) is 0 Å². The molecule has 0 bridgehead atoms. The second-order valence-electron chi connectivity index (χ2n) is 7.60. The van der Waals surface area contributed by atoms with Crippen molar-refractivity contribution in [2.24, 2.45) is 10.8 Å². The smallest absolute Gasteiger partial charge is 0.302 e. The number of hydrogen-bond acceptors (Lipinski definition) is 7. The Labute approximate surface area is 206 Å². The summed E-state index contributed by atoms with van der Waals surface area (Å²) in [7, 11) is 2.70. The molecule has 0 saturated heterocycles.